The molecule has 0 radical (unpaired) electrons. The SMILES string of the molecule is CC(Cn1ccnc1)n1c(N)cc2ccccc2c1=O. The van der Waals surface area contributed by atoms with Gasteiger partial charge in [-0.2, -0.15) is 0 Å². The van der Waals surface area contributed by atoms with Gasteiger partial charge in [0.05, 0.1) is 12.4 Å². The van der Waals surface area contributed by atoms with Gasteiger partial charge < -0.3 is 10.3 Å². The zero-order valence-electron chi connectivity index (χ0n) is 11.2. The lowest BCUT2D eigenvalue weighted by atomic mass is 10.1. The van der Waals surface area contributed by atoms with Crippen molar-refractivity contribution in [2.45, 2.75) is 19.5 Å². The Morgan fingerprint density at radius 2 is 2.15 bits per heavy atom. The number of nitrogens with zero attached hydrogens (tertiary/aromatic N) is 3. The Labute approximate surface area is 116 Å². The number of nitrogen functional groups attached to an aromatic ring is 1. The van der Waals surface area contributed by atoms with E-state index in [4.69, 9.17) is 5.73 Å². The van der Waals surface area contributed by atoms with E-state index in [0.29, 0.717) is 17.7 Å². The summed E-state index contributed by atoms with van der Waals surface area (Å²) in [6, 6.07) is 9.31. The maximum absolute atomic E-state index is 12.6. The molecule has 1 unspecified atom stereocenters. The maximum Gasteiger partial charge on any atom is 0.260 e. The molecule has 102 valence electrons. The Morgan fingerprint density at radius 1 is 1.35 bits per heavy atom. The van der Waals surface area contributed by atoms with Crippen molar-refractivity contribution in [3.05, 3.63) is 59.4 Å². The monoisotopic (exact) mass is 268 g/mol. The van der Waals surface area contributed by atoms with Gasteiger partial charge in [-0.1, -0.05) is 18.2 Å². The predicted molar refractivity (Wildman–Crippen MR) is 79.6 cm³/mol. The van der Waals surface area contributed by atoms with Gasteiger partial charge in [0.2, 0.25) is 0 Å². The van der Waals surface area contributed by atoms with Crippen LogP contribution in [0.2, 0.25) is 0 Å². The van der Waals surface area contributed by atoms with Crippen molar-refractivity contribution >= 4 is 16.6 Å². The lowest BCUT2D eigenvalue weighted by Gasteiger charge is -2.19. The van der Waals surface area contributed by atoms with Crippen LogP contribution >= 0.6 is 0 Å². The van der Waals surface area contributed by atoms with Crippen molar-refractivity contribution in [2.75, 3.05) is 5.73 Å². The number of benzene rings is 1. The maximum atomic E-state index is 12.6. The van der Waals surface area contributed by atoms with Crippen LogP contribution in [0, 0.1) is 0 Å². The second-order valence-corrected chi connectivity index (χ2v) is 4.94. The molecule has 1 atom stereocenters. The van der Waals surface area contributed by atoms with Gasteiger partial charge in [0.15, 0.2) is 0 Å². The van der Waals surface area contributed by atoms with E-state index >= 15 is 0 Å². The van der Waals surface area contributed by atoms with Gasteiger partial charge in [0.25, 0.3) is 5.56 Å². The van der Waals surface area contributed by atoms with Crippen LogP contribution in [0.5, 0.6) is 0 Å². The van der Waals surface area contributed by atoms with Crippen LogP contribution in [0.25, 0.3) is 10.8 Å². The minimum atomic E-state index is -0.0479. The second-order valence-electron chi connectivity index (χ2n) is 4.94. The highest BCUT2D eigenvalue weighted by Crippen LogP contribution is 2.17. The summed E-state index contributed by atoms with van der Waals surface area (Å²) in [5, 5.41) is 1.57. The van der Waals surface area contributed by atoms with Crippen LogP contribution in [0.1, 0.15) is 13.0 Å². The van der Waals surface area contributed by atoms with Gasteiger partial charge in [-0.15, -0.1) is 0 Å². The third kappa shape index (κ3) is 2.07. The molecule has 5 nitrogen and oxygen atoms in total. The van der Waals surface area contributed by atoms with Gasteiger partial charge in [-0.3, -0.25) is 9.36 Å². The summed E-state index contributed by atoms with van der Waals surface area (Å²) in [6.07, 6.45) is 5.33. The quantitative estimate of drug-likeness (QED) is 0.790. The minimum absolute atomic E-state index is 0.0405. The fourth-order valence-corrected chi connectivity index (χ4v) is 2.53. The first-order chi connectivity index (χ1) is 9.66. The molecule has 20 heavy (non-hydrogen) atoms. The highest BCUT2D eigenvalue weighted by atomic mass is 16.1. The smallest absolute Gasteiger partial charge is 0.260 e. The van der Waals surface area contributed by atoms with Crippen molar-refractivity contribution in [1.29, 1.82) is 0 Å². The van der Waals surface area contributed by atoms with Gasteiger partial charge in [-0.05, 0) is 24.4 Å². The zero-order valence-corrected chi connectivity index (χ0v) is 11.2. The molecule has 0 bridgehead atoms. The molecule has 0 aliphatic heterocycles. The fourth-order valence-electron chi connectivity index (χ4n) is 2.53. The first-order valence-corrected chi connectivity index (χ1v) is 6.52. The molecule has 2 aromatic heterocycles. The first kappa shape index (κ1) is 12.5. The minimum Gasteiger partial charge on any atom is -0.385 e. The molecule has 0 amide bonds. The van der Waals surface area contributed by atoms with Crippen molar-refractivity contribution in [1.82, 2.24) is 14.1 Å². The summed E-state index contributed by atoms with van der Waals surface area (Å²) >= 11 is 0. The van der Waals surface area contributed by atoms with Crippen LogP contribution in [0.15, 0.2) is 53.8 Å². The number of aromatic nitrogens is 3. The van der Waals surface area contributed by atoms with Crippen molar-refractivity contribution < 1.29 is 0 Å². The molecular weight excluding hydrogens is 252 g/mol. The van der Waals surface area contributed by atoms with E-state index < -0.39 is 0 Å². The topological polar surface area (TPSA) is 65.8 Å². The van der Waals surface area contributed by atoms with Crippen molar-refractivity contribution in [2.24, 2.45) is 0 Å². The molecule has 0 saturated heterocycles. The molecule has 0 spiro atoms. The normalized spacial score (nSPS) is 12.7. The number of fused-ring (bicyclic) bond motifs is 1. The number of nitrogens with two attached hydrogens (primary N) is 1. The van der Waals surface area contributed by atoms with Crippen LogP contribution in [0.4, 0.5) is 5.82 Å². The Hall–Kier alpha value is -2.56. The van der Waals surface area contributed by atoms with Crippen LogP contribution in [0.3, 0.4) is 0 Å². The highest BCUT2D eigenvalue weighted by Gasteiger charge is 2.13. The average molecular weight is 268 g/mol. The van der Waals surface area contributed by atoms with Crippen molar-refractivity contribution in [3.8, 4) is 0 Å². The fraction of sp³-hybridized carbons (Fsp3) is 0.200. The van der Waals surface area contributed by atoms with E-state index in [1.165, 1.54) is 0 Å². The Kier molecular flexibility index (Phi) is 3.02. The summed E-state index contributed by atoms with van der Waals surface area (Å²) < 4.78 is 3.58. The highest BCUT2D eigenvalue weighted by molar-refractivity contribution is 5.83. The number of hydrogen-bond donors (Lipinski definition) is 1. The molecule has 2 heterocycles. The molecule has 1 aromatic carbocycles. The second kappa shape index (κ2) is 4.85. The summed E-state index contributed by atoms with van der Waals surface area (Å²) in [5.74, 6) is 0.487. The molecule has 3 rings (SSSR count). The van der Waals surface area contributed by atoms with Crippen LogP contribution < -0.4 is 11.3 Å². The average Bonchev–Trinajstić information content (AvgIpc) is 2.91. The van der Waals surface area contributed by atoms with E-state index in [1.807, 2.05) is 48.0 Å². The van der Waals surface area contributed by atoms with E-state index in [0.717, 1.165) is 5.39 Å². The van der Waals surface area contributed by atoms with E-state index in [2.05, 4.69) is 4.98 Å². The third-order valence-electron chi connectivity index (χ3n) is 3.47. The summed E-state index contributed by atoms with van der Waals surface area (Å²) in [7, 11) is 0. The zero-order chi connectivity index (χ0) is 14.1. The number of hydrogen-bond acceptors (Lipinski definition) is 3. The summed E-state index contributed by atoms with van der Waals surface area (Å²) in [4.78, 5) is 16.6. The van der Waals surface area contributed by atoms with Gasteiger partial charge in [-0.25, -0.2) is 4.98 Å². The summed E-state index contributed by atoms with van der Waals surface area (Å²) in [6.45, 7) is 2.63. The van der Waals surface area contributed by atoms with Gasteiger partial charge >= 0.3 is 0 Å². The largest absolute Gasteiger partial charge is 0.385 e. The molecule has 0 fully saturated rings. The first-order valence-electron chi connectivity index (χ1n) is 6.52. The van der Waals surface area contributed by atoms with E-state index in [1.54, 1.807) is 17.1 Å². The number of pyridine rings is 1. The summed E-state index contributed by atoms with van der Waals surface area (Å²) in [5.41, 5.74) is 6.01. The molecule has 0 saturated carbocycles. The molecule has 5 heteroatoms. The molecule has 0 aliphatic carbocycles. The standard InChI is InChI=1S/C15H16N4O/c1-11(9-18-7-6-17-10-18)19-14(16)8-12-4-2-3-5-13(12)15(19)20/h2-8,10-11H,9,16H2,1H3. The van der Waals surface area contributed by atoms with E-state index in [-0.39, 0.29) is 11.6 Å². The Bertz CT molecular complexity index is 789. The van der Waals surface area contributed by atoms with Crippen LogP contribution in [-0.2, 0) is 6.54 Å². The molecular formula is C15H16N4O. The van der Waals surface area contributed by atoms with Crippen molar-refractivity contribution in [3.63, 3.8) is 0 Å². The Morgan fingerprint density at radius 3 is 2.90 bits per heavy atom. The lowest BCUT2D eigenvalue weighted by molar-refractivity contribution is 0.460. The molecule has 2 N–H and O–H groups in total. The van der Waals surface area contributed by atoms with Gasteiger partial charge in [0.1, 0.15) is 5.82 Å². The number of rotatable bonds is 3. The third-order valence-corrected chi connectivity index (χ3v) is 3.47. The number of imidazole rings is 1. The number of anilines is 1. The lowest BCUT2D eigenvalue weighted by Crippen LogP contribution is -2.28. The predicted octanol–water partition coefficient (Wildman–Crippen LogP) is 2.04. The van der Waals surface area contributed by atoms with Crippen LogP contribution in [-0.4, -0.2) is 14.1 Å². The molecule has 0 aliphatic rings. The Balaban J connectivity index is 2.09. The van der Waals surface area contributed by atoms with E-state index in [9.17, 15) is 4.79 Å². The molecule has 3 aromatic rings. The van der Waals surface area contributed by atoms with Gasteiger partial charge in [0, 0.05) is 24.3 Å².